The third-order valence-corrected chi connectivity index (χ3v) is 5.76. The second-order valence-corrected chi connectivity index (χ2v) is 7.27. The first-order valence-corrected chi connectivity index (χ1v) is 9.25. The number of carbonyl (C=O) groups is 1. The number of amides is 1. The number of benzene rings is 1. The predicted octanol–water partition coefficient (Wildman–Crippen LogP) is 3.64. The number of nitrogens with one attached hydrogen (secondary N) is 1. The van der Waals surface area contributed by atoms with E-state index < -0.39 is 0 Å². The van der Waals surface area contributed by atoms with Gasteiger partial charge in [-0.1, -0.05) is 18.2 Å². The molecule has 23 heavy (non-hydrogen) atoms. The largest absolute Gasteiger partial charge is 0.396 e. The quantitative estimate of drug-likeness (QED) is 0.686. The average Bonchev–Trinajstić information content (AvgIpc) is 3.23. The lowest BCUT2D eigenvalue weighted by Gasteiger charge is -2.14. The van der Waals surface area contributed by atoms with Gasteiger partial charge in [0.25, 0.3) is 5.91 Å². The van der Waals surface area contributed by atoms with E-state index >= 15 is 0 Å². The van der Waals surface area contributed by atoms with Gasteiger partial charge in [-0.15, -0.1) is 22.7 Å². The molecule has 2 heterocycles. The minimum atomic E-state index is -0.125. The Labute approximate surface area is 142 Å². The minimum Gasteiger partial charge on any atom is -0.396 e. The van der Waals surface area contributed by atoms with Crippen LogP contribution in [0.1, 0.15) is 33.4 Å². The Morgan fingerprint density at radius 1 is 1.22 bits per heavy atom. The van der Waals surface area contributed by atoms with Gasteiger partial charge in [-0.25, -0.2) is 4.98 Å². The number of para-hydroxylation sites is 1. The molecule has 0 saturated carbocycles. The zero-order valence-corrected chi connectivity index (χ0v) is 14.2. The Morgan fingerprint density at radius 2 is 2.09 bits per heavy atom. The molecule has 2 aromatic heterocycles. The van der Waals surface area contributed by atoms with E-state index in [9.17, 15) is 9.90 Å². The first-order chi connectivity index (χ1) is 11.3. The number of rotatable bonds is 7. The number of aromatic nitrogens is 1. The van der Waals surface area contributed by atoms with E-state index in [4.69, 9.17) is 0 Å². The summed E-state index contributed by atoms with van der Waals surface area (Å²) >= 11 is 3.11. The number of nitrogens with zero attached hydrogens (tertiary/aromatic N) is 1. The van der Waals surface area contributed by atoms with Crippen LogP contribution in [-0.4, -0.2) is 29.1 Å². The molecule has 4 nitrogen and oxygen atoms in total. The van der Waals surface area contributed by atoms with Crippen molar-refractivity contribution in [2.45, 2.75) is 18.8 Å². The Morgan fingerprint density at radius 3 is 2.83 bits per heavy atom. The Hall–Kier alpha value is -1.76. The molecule has 0 radical (unpaired) electrons. The van der Waals surface area contributed by atoms with Gasteiger partial charge in [-0.3, -0.25) is 4.79 Å². The van der Waals surface area contributed by atoms with Gasteiger partial charge in [0.05, 0.1) is 10.2 Å². The van der Waals surface area contributed by atoms with Gasteiger partial charge in [-0.2, -0.15) is 0 Å². The zero-order chi connectivity index (χ0) is 16.1. The molecule has 2 N–H and O–H groups in total. The van der Waals surface area contributed by atoms with E-state index in [0.717, 1.165) is 23.1 Å². The number of aliphatic hydroxyl groups is 1. The van der Waals surface area contributed by atoms with Crippen molar-refractivity contribution in [3.63, 3.8) is 0 Å². The maximum atomic E-state index is 12.2. The molecule has 1 atom stereocenters. The number of thiophene rings is 1. The summed E-state index contributed by atoms with van der Waals surface area (Å²) in [4.78, 5) is 17.9. The van der Waals surface area contributed by atoms with E-state index in [-0.39, 0.29) is 18.4 Å². The molecule has 1 amide bonds. The highest BCUT2D eigenvalue weighted by Crippen LogP contribution is 2.27. The predicted molar refractivity (Wildman–Crippen MR) is 95.3 cm³/mol. The lowest BCUT2D eigenvalue weighted by Crippen LogP contribution is -2.25. The van der Waals surface area contributed by atoms with Crippen molar-refractivity contribution in [3.05, 3.63) is 51.7 Å². The molecule has 1 unspecified atom stereocenters. The number of hydrogen-bond acceptors (Lipinski definition) is 5. The summed E-state index contributed by atoms with van der Waals surface area (Å²) < 4.78 is 1.02. The zero-order valence-electron chi connectivity index (χ0n) is 12.6. The topological polar surface area (TPSA) is 62.2 Å². The molecular weight excluding hydrogens is 328 g/mol. The molecule has 0 saturated heterocycles. The molecule has 3 aromatic rings. The summed E-state index contributed by atoms with van der Waals surface area (Å²) in [6, 6.07) is 11.9. The van der Waals surface area contributed by atoms with Crippen LogP contribution >= 0.6 is 22.7 Å². The van der Waals surface area contributed by atoms with Crippen LogP contribution in [-0.2, 0) is 0 Å². The Bertz CT molecular complexity index is 735. The van der Waals surface area contributed by atoms with Gasteiger partial charge in [-0.05, 0) is 42.3 Å². The van der Waals surface area contributed by atoms with E-state index in [0.29, 0.717) is 11.6 Å². The van der Waals surface area contributed by atoms with Crippen molar-refractivity contribution >= 4 is 38.8 Å². The standard InChI is InChI=1S/C17H18N2O2S2/c20-10-8-12(14-6-3-11-22-14)7-9-18-16(21)17-19-13-4-1-2-5-15(13)23-17/h1-6,11-12,20H,7-10H2,(H,18,21). The van der Waals surface area contributed by atoms with E-state index in [2.05, 4.69) is 16.4 Å². The number of carbonyl (C=O) groups excluding carboxylic acids is 1. The van der Waals surface area contributed by atoms with E-state index in [1.54, 1.807) is 11.3 Å². The van der Waals surface area contributed by atoms with Gasteiger partial charge in [0, 0.05) is 18.0 Å². The second-order valence-electron chi connectivity index (χ2n) is 5.26. The van der Waals surface area contributed by atoms with Crippen LogP contribution in [0, 0.1) is 0 Å². The molecule has 0 aliphatic heterocycles. The third-order valence-electron chi connectivity index (χ3n) is 3.69. The van der Waals surface area contributed by atoms with Crippen LogP contribution in [0.15, 0.2) is 41.8 Å². The molecule has 1 aromatic carbocycles. The van der Waals surface area contributed by atoms with Gasteiger partial charge >= 0.3 is 0 Å². The van der Waals surface area contributed by atoms with Crippen LogP contribution in [0.2, 0.25) is 0 Å². The SMILES string of the molecule is O=C(NCCC(CCO)c1cccs1)c1nc2ccccc2s1. The monoisotopic (exact) mass is 346 g/mol. The summed E-state index contributed by atoms with van der Waals surface area (Å²) in [5.74, 6) is 0.163. The van der Waals surface area contributed by atoms with Crippen molar-refractivity contribution < 1.29 is 9.90 Å². The molecule has 6 heteroatoms. The second kappa shape index (κ2) is 7.68. The lowest BCUT2D eigenvalue weighted by atomic mass is 10.00. The van der Waals surface area contributed by atoms with Gasteiger partial charge in [0.15, 0.2) is 5.01 Å². The number of fused-ring (bicyclic) bond motifs is 1. The normalized spacial score (nSPS) is 12.4. The van der Waals surface area contributed by atoms with Crippen LogP contribution in [0.3, 0.4) is 0 Å². The molecule has 3 rings (SSSR count). The fourth-order valence-electron chi connectivity index (χ4n) is 2.51. The maximum absolute atomic E-state index is 12.2. The Kier molecular flexibility index (Phi) is 5.38. The van der Waals surface area contributed by atoms with Gasteiger partial charge in [0.2, 0.25) is 0 Å². The molecule has 0 bridgehead atoms. The van der Waals surface area contributed by atoms with Gasteiger partial charge in [0.1, 0.15) is 0 Å². The van der Waals surface area contributed by atoms with E-state index in [1.165, 1.54) is 16.2 Å². The molecule has 0 aliphatic rings. The molecule has 0 aliphatic carbocycles. The number of hydrogen-bond donors (Lipinski definition) is 2. The number of aliphatic hydroxyl groups excluding tert-OH is 1. The fourth-order valence-corrected chi connectivity index (χ4v) is 4.29. The van der Waals surface area contributed by atoms with Crippen molar-refractivity contribution in [3.8, 4) is 0 Å². The van der Waals surface area contributed by atoms with Crippen molar-refractivity contribution in [2.24, 2.45) is 0 Å². The molecule has 0 spiro atoms. The number of thiazole rings is 1. The average molecular weight is 346 g/mol. The van der Waals surface area contributed by atoms with Gasteiger partial charge < -0.3 is 10.4 Å². The van der Waals surface area contributed by atoms with Crippen molar-refractivity contribution in [1.82, 2.24) is 10.3 Å². The summed E-state index contributed by atoms with van der Waals surface area (Å²) in [5, 5.41) is 14.7. The van der Waals surface area contributed by atoms with Crippen molar-refractivity contribution in [2.75, 3.05) is 13.2 Å². The summed E-state index contributed by atoms with van der Waals surface area (Å²) in [7, 11) is 0. The molecule has 0 fully saturated rings. The molecule has 120 valence electrons. The summed E-state index contributed by atoms with van der Waals surface area (Å²) in [5.41, 5.74) is 0.861. The third kappa shape index (κ3) is 3.96. The van der Waals surface area contributed by atoms with E-state index in [1.807, 2.05) is 35.7 Å². The highest BCUT2D eigenvalue weighted by atomic mass is 32.1. The summed E-state index contributed by atoms with van der Waals surface area (Å²) in [6.45, 7) is 0.742. The fraction of sp³-hybridized carbons (Fsp3) is 0.294. The van der Waals surface area contributed by atoms with Crippen LogP contribution in [0.5, 0.6) is 0 Å². The molecular formula is C17H18N2O2S2. The maximum Gasteiger partial charge on any atom is 0.280 e. The Balaban J connectivity index is 1.57. The highest BCUT2D eigenvalue weighted by Gasteiger charge is 2.15. The highest BCUT2D eigenvalue weighted by molar-refractivity contribution is 7.20. The summed E-state index contributed by atoms with van der Waals surface area (Å²) in [6.07, 6.45) is 1.54. The van der Waals surface area contributed by atoms with Crippen LogP contribution in [0.25, 0.3) is 10.2 Å². The first-order valence-electron chi connectivity index (χ1n) is 7.56. The van der Waals surface area contributed by atoms with Crippen LogP contribution < -0.4 is 5.32 Å². The smallest absolute Gasteiger partial charge is 0.280 e. The van der Waals surface area contributed by atoms with Crippen molar-refractivity contribution in [1.29, 1.82) is 0 Å². The minimum absolute atomic E-state index is 0.125. The lowest BCUT2D eigenvalue weighted by molar-refractivity contribution is 0.0952. The van der Waals surface area contributed by atoms with Crippen LogP contribution in [0.4, 0.5) is 0 Å². The first kappa shape index (κ1) is 16.1.